The molecular formula is C18H15ClF3N5O2. The van der Waals surface area contributed by atoms with Gasteiger partial charge < -0.3 is 5.32 Å². The van der Waals surface area contributed by atoms with Crippen molar-refractivity contribution < 1.29 is 22.8 Å². The largest absolute Gasteiger partial charge is 0.433 e. The quantitative estimate of drug-likeness (QED) is 0.498. The van der Waals surface area contributed by atoms with Crippen molar-refractivity contribution in [2.45, 2.75) is 13.1 Å². The minimum Gasteiger partial charge on any atom is -0.308 e. The summed E-state index contributed by atoms with van der Waals surface area (Å²) in [4.78, 5) is 23.9. The Hall–Kier alpha value is -3.11. The third-order valence-corrected chi connectivity index (χ3v) is 4.23. The Morgan fingerprint density at radius 2 is 1.83 bits per heavy atom. The molecule has 3 rings (SSSR count). The van der Waals surface area contributed by atoms with Crippen molar-refractivity contribution in [2.24, 2.45) is 0 Å². The van der Waals surface area contributed by atoms with Gasteiger partial charge in [0, 0.05) is 16.8 Å². The number of carbonyl (C=O) groups is 1. The minimum atomic E-state index is -4.72. The lowest BCUT2D eigenvalue weighted by molar-refractivity contribution is -0.141. The fraction of sp³-hybridized carbons (Fsp3) is 0.167. The molecule has 1 aromatic heterocycles. The average molecular weight is 426 g/mol. The van der Waals surface area contributed by atoms with Gasteiger partial charge in [-0.25, -0.2) is 15.3 Å². The summed E-state index contributed by atoms with van der Waals surface area (Å²) < 4.78 is 39.0. The molecule has 2 aromatic carbocycles. The van der Waals surface area contributed by atoms with Crippen LogP contribution in [0, 0.1) is 6.92 Å². The number of alkyl halides is 3. The lowest BCUT2D eigenvalue weighted by atomic mass is 10.1. The van der Waals surface area contributed by atoms with Crippen LogP contribution in [0.15, 0.2) is 36.4 Å². The van der Waals surface area contributed by atoms with Gasteiger partial charge >= 0.3 is 12.2 Å². The van der Waals surface area contributed by atoms with Crippen LogP contribution < -0.4 is 16.1 Å². The first kappa shape index (κ1) is 20.6. The van der Waals surface area contributed by atoms with Crippen molar-refractivity contribution in [1.82, 2.24) is 9.97 Å². The van der Waals surface area contributed by atoms with Gasteiger partial charge in [-0.3, -0.25) is 10.2 Å². The Morgan fingerprint density at radius 3 is 2.52 bits per heavy atom. The fourth-order valence-corrected chi connectivity index (χ4v) is 2.70. The molecule has 0 saturated carbocycles. The molecular weight excluding hydrogens is 411 g/mol. The molecule has 152 valence electrons. The molecule has 11 heteroatoms. The summed E-state index contributed by atoms with van der Waals surface area (Å²) in [6.45, 7) is 1.85. The van der Waals surface area contributed by atoms with Gasteiger partial charge in [0.25, 0.3) is 0 Å². The van der Waals surface area contributed by atoms with E-state index in [-0.39, 0.29) is 5.82 Å². The van der Waals surface area contributed by atoms with Crippen LogP contribution in [0.25, 0.3) is 10.8 Å². The zero-order valence-electron chi connectivity index (χ0n) is 15.2. The number of amides is 2. The van der Waals surface area contributed by atoms with Crippen LogP contribution in [0.3, 0.4) is 0 Å². The van der Waals surface area contributed by atoms with Crippen molar-refractivity contribution in [1.29, 1.82) is 0 Å². The summed E-state index contributed by atoms with van der Waals surface area (Å²) in [5, 5.41) is 7.05. The number of nitrogens with zero attached hydrogens (tertiary/aromatic N) is 2. The van der Waals surface area contributed by atoms with Gasteiger partial charge in [0.05, 0.1) is 7.11 Å². The van der Waals surface area contributed by atoms with E-state index < -0.39 is 23.8 Å². The number of urea groups is 1. The zero-order valence-corrected chi connectivity index (χ0v) is 15.9. The molecule has 0 spiro atoms. The van der Waals surface area contributed by atoms with E-state index in [0.29, 0.717) is 16.8 Å². The topological polar surface area (TPSA) is 88.2 Å². The Bertz CT molecular complexity index is 1080. The van der Waals surface area contributed by atoms with Gasteiger partial charge in [-0.05, 0) is 47.5 Å². The number of fused-ring (bicyclic) bond motifs is 1. The smallest absolute Gasteiger partial charge is 0.308 e. The van der Waals surface area contributed by atoms with Crippen molar-refractivity contribution in [2.75, 3.05) is 23.2 Å². The number of carbonyl (C=O) groups excluding carboxylic acids is 1. The summed E-state index contributed by atoms with van der Waals surface area (Å²) in [5.74, 6) is -0.802. The molecule has 0 aliphatic carbocycles. The molecule has 0 saturated heterocycles. The number of hydrogen-bond acceptors (Lipinski definition) is 5. The van der Waals surface area contributed by atoms with E-state index in [1.165, 1.54) is 7.11 Å². The number of benzene rings is 2. The van der Waals surface area contributed by atoms with Gasteiger partial charge in [0.15, 0.2) is 11.5 Å². The lowest BCUT2D eigenvalue weighted by Crippen LogP contribution is -2.22. The van der Waals surface area contributed by atoms with E-state index in [0.717, 1.165) is 16.3 Å². The highest BCUT2D eigenvalue weighted by Crippen LogP contribution is 2.30. The molecule has 3 aromatic rings. The summed E-state index contributed by atoms with van der Waals surface area (Å²) in [6, 6.07) is 8.62. The van der Waals surface area contributed by atoms with Crippen LogP contribution >= 0.6 is 11.6 Å². The number of halogens is 4. The first-order chi connectivity index (χ1) is 13.7. The van der Waals surface area contributed by atoms with Crippen LogP contribution in [-0.2, 0) is 11.0 Å². The summed E-state index contributed by atoms with van der Waals surface area (Å²) in [6.07, 6.45) is -4.72. The standard InChI is InChI=1S/C18H15ClF3N5O2/c1-9-5-11-6-12(4-3-10(11)7-13(9)19)23-17(28)26-16-24-14(18(20,21)22)8-15(25-16)27-29-2/h3-8H,1-2H3,(H3,23,24,25,26,27,28). The molecule has 29 heavy (non-hydrogen) atoms. The summed E-state index contributed by atoms with van der Waals surface area (Å²) in [7, 11) is 1.21. The average Bonchev–Trinajstić information content (AvgIpc) is 2.62. The molecule has 7 nitrogen and oxygen atoms in total. The minimum absolute atomic E-state index is 0.261. The highest BCUT2D eigenvalue weighted by atomic mass is 35.5. The summed E-state index contributed by atoms with van der Waals surface area (Å²) >= 11 is 6.09. The van der Waals surface area contributed by atoms with E-state index in [1.807, 2.05) is 13.0 Å². The van der Waals surface area contributed by atoms with Crippen molar-refractivity contribution >= 4 is 45.9 Å². The molecule has 0 atom stereocenters. The zero-order chi connectivity index (χ0) is 21.2. The Kier molecular flexibility index (Phi) is 5.76. The number of rotatable bonds is 4. The van der Waals surface area contributed by atoms with E-state index in [2.05, 4.69) is 30.9 Å². The first-order valence-electron chi connectivity index (χ1n) is 8.19. The van der Waals surface area contributed by atoms with Crippen molar-refractivity contribution in [3.63, 3.8) is 0 Å². The van der Waals surface area contributed by atoms with Gasteiger partial charge in [-0.1, -0.05) is 17.7 Å². The normalized spacial score (nSPS) is 11.4. The molecule has 0 fully saturated rings. The molecule has 3 N–H and O–H groups in total. The van der Waals surface area contributed by atoms with E-state index in [9.17, 15) is 18.0 Å². The van der Waals surface area contributed by atoms with Gasteiger partial charge in [-0.15, -0.1) is 0 Å². The fourth-order valence-electron chi connectivity index (χ4n) is 2.53. The maximum absolute atomic E-state index is 13.0. The molecule has 0 aliphatic heterocycles. The van der Waals surface area contributed by atoms with Crippen LogP contribution in [0.1, 0.15) is 11.3 Å². The van der Waals surface area contributed by atoms with Gasteiger partial charge in [0.1, 0.15) is 0 Å². The molecule has 0 unspecified atom stereocenters. The Balaban J connectivity index is 1.80. The predicted octanol–water partition coefficient (Wildman–Crippen LogP) is 5.23. The molecule has 1 heterocycles. The van der Waals surface area contributed by atoms with Crippen molar-refractivity contribution in [3.05, 3.63) is 52.7 Å². The molecule has 0 radical (unpaired) electrons. The van der Waals surface area contributed by atoms with Crippen LogP contribution in [0.2, 0.25) is 5.02 Å². The number of aromatic nitrogens is 2. The summed E-state index contributed by atoms with van der Waals surface area (Å²) in [5.41, 5.74) is 2.25. The van der Waals surface area contributed by atoms with Crippen molar-refractivity contribution in [3.8, 4) is 0 Å². The van der Waals surface area contributed by atoms with Gasteiger partial charge in [-0.2, -0.15) is 18.2 Å². The number of nitrogens with one attached hydrogen (secondary N) is 3. The van der Waals surface area contributed by atoms with E-state index in [4.69, 9.17) is 11.6 Å². The molecule has 0 aliphatic rings. The first-order valence-corrected chi connectivity index (χ1v) is 8.56. The molecule has 2 amide bonds. The van der Waals surface area contributed by atoms with E-state index >= 15 is 0 Å². The number of hydrogen-bond donors (Lipinski definition) is 3. The van der Waals surface area contributed by atoms with Crippen LogP contribution in [-0.4, -0.2) is 23.1 Å². The maximum Gasteiger partial charge on any atom is 0.433 e. The lowest BCUT2D eigenvalue weighted by Gasteiger charge is -2.12. The monoisotopic (exact) mass is 425 g/mol. The number of anilines is 3. The highest BCUT2D eigenvalue weighted by Gasteiger charge is 2.34. The van der Waals surface area contributed by atoms with Crippen LogP contribution in [0.5, 0.6) is 0 Å². The van der Waals surface area contributed by atoms with Gasteiger partial charge in [0.2, 0.25) is 5.95 Å². The highest BCUT2D eigenvalue weighted by molar-refractivity contribution is 6.32. The second-order valence-electron chi connectivity index (χ2n) is 6.01. The molecule has 0 bridgehead atoms. The maximum atomic E-state index is 13.0. The third kappa shape index (κ3) is 5.04. The Labute approximate surface area is 168 Å². The number of aryl methyl sites for hydroxylation is 1. The predicted molar refractivity (Wildman–Crippen MR) is 104 cm³/mol. The Morgan fingerprint density at radius 1 is 1.07 bits per heavy atom. The second-order valence-corrected chi connectivity index (χ2v) is 6.42. The van der Waals surface area contributed by atoms with E-state index in [1.54, 1.807) is 24.3 Å². The SMILES string of the molecule is CONc1cc(C(F)(F)F)nc(NC(=O)Nc2ccc3cc(Cl)c(C)cc3c2)n1. The second kappa shape index (κ2) is 8.10. The third-order valence-electron chi connectivity index (χ3n) is 3.82. The van der Waals surface area contributed by atoms with Crippen LogP contribution in [0.4, 0.5) is 35.4 Å².